The summed E-state index contributed by atoms with van der Waals surface area (Å²) in [6.07, 6.45) is 2.05. The number of rotatable bonds is 7. The number of nitro groups is 1. The first-order chi connectivity index (χ1) is 16.4. The molecule has 1 aliphatic heterocycles. The van der Waals surface area contributed by atoms with Crippen molar-refractivity contribution < 1.29 is 23.7 Å². The summed E-state index contributed by atoms with van der Waals surface area (Å²) in [5.41, 5.74) is 4.49. The van der Waals surface area contributed by atoms with E-state index in [9.17, 15) is 19.7 Å². The van der Waals surface area contributed by atoms with Crippen LogP contribution in [0.4, 0.5) is 5.69 Å². The number of benzene rings is 1. The maximum absolute atomic E-state index is 12.8. The molecule has 11 heteroatoms. The van der Waals surface area contributed by atoms with Crippen LogP contribution in [0.2, 0.25) is 0 Å². The van der Waals surface area contributed by atoms with Gasteiger partial charge in [-0.3, -0.25) is 24.6 Å². The van der Waals surface area contributed by atoms with Crippen molar-refractivity contribution in [2.45, 2.75) is 26.2 Å². The molecule has 1 aromatic heterocycles. The van der Waals surface area contributed by atoms with Gasteiger partial charge in [-0.1, -0.05) is 6.07 Å². The average molecular weight is 469 g/mol. The van der Waals surface area contributed by atoms with Crippen LogP contribution < -0.4 is 10.7 Å². The van der Waals surface area contributed by atoms with Gasteiger partial charge in [-0.25, -0.2) is 5.43 Å². The Balaban J connectivity index is 1.43. The van der Waals surface area contributed by atoms with Gasteiger partial charge >= 0.3 is 0 Å². The van der Waals surface area contributed by atoms with E-state index < -0.39 is 10.8 Å². The predicted octanol–water partition coefficient (Wildman–Crippen LogP) is 2.03. The second-order valence-corrected chi connectivity index (χ2v) is 8.22. The van der Waals surface area contributed by atoms with E-state index in [4.69, 9.17) is 9.15 Å². The highest BCUT2D eigenvalue weighted by atomic mass is 16.6. The van der Waals surface area contributed by atoms with Gasteiger partial charge in [-0.15, -0.1) is 0 Å². The first-order valence-electron chi connectivity index (χ1n) is 11.3. The van der Waals surface area contributed by atoms with Crippen LogP contribution in [0.3, 0.4) is 0 Å². The van der Waals surface area contributed by atoms with E-state index in [1.807, 2.05) is 6.92 Å². The monoisotopic (exact) mass is 469 g/mol. The van der Waals surface area contributed by atoms with Crippen LogP contribution in [0.15, 0.2) is 33.8 Å². The lowest BCUT2D eigenvalue weighted by Crippen LogP contribution is -2.41. The number of hydrogen-bond acceptors (Lipinski definition) is 8. The van der Waals surface area contributed by atoms with Gasteiger partial charge in [0.05, 0.1) is 23.8 Å². The Bertz CT molecular complexity index is 1120. The number of carbonyl (C=O) groups is 2. The molecule has 0 spiro atoms. The number of non-ortho nitro benzene ring substituents is 1. The number of furan rings is 1. The largest absolute Gasteiger partial charge is 0.455 e. The molecule has 1 saturated heterocycles. The van der Waals surface area contributed by atoms with E-state index in [2.05, 4.69) is 20.7 Å². The van der Waals surface area contributed by atoms with Crippen molar-refractivity contribution in [3.05, 3.63) is 62.6 Å². The van der Waals surface area contributed by atoms with E-state index in [0.29, 0.717) is 49.6 Å². The van der Waals surface area contributed by atoms with E-state index in [-0.39, 0.29) is 22.9 Å². The van der Waals surface area contributed by atoms with Gasteiger partial charge in [0.25, 0.3) is 17.5 Å². The number of nitrogens with one attached hydrogen (secondary N) is 2. The lowest BCUT2D eigenvalue weighted by Gasteiger charge is -2.26. The Morgan fingerprint density at radius 3 is 2.76 bits per heavy atom. The molecule has 1 aliphatic carbocycles. The predicted molar refractivity (Wildman–Crippen MR) is 123 cm³/mol. The normalized spacial score (nSPS) is 17.3. The number of nitrogens with zero attached hydrogens (tertiary/aromatic N) is 3. The fraction of sp³-hybridized carbons (Fsp3) is 0.435. The minimum Gasteiger partial charge on any atom is -0.455 e. The van der Waals surface area contributed by atoms with Gasteiger partial charge in [0.1, 0.15) is 5.76 Å². The van der Waals surface area contributed by atoms with Crippen molar-refractivity contribution in [2.75, 3.05) is 39.4 Å². The molecule has 1 fully saturated rings. The van der Waals surface area contributed by atoms with Crippen LogP contribution in [0, 0.1) is 17.0 Å². The first kappa shape index (κ1) is 23.6. The smallest absolute Gasteiger partial charge is 0.287 e. The van der Waals surface area contributed by atoms with Crippen LogP contribution in [0.5, 0.6) is 0 Å². The summed E-state index contributed by atoms with van der Waals surface area (Å²) in [7, 11) is 0. The lowest BCUT2D eigenvalue weighted by atomic mass is 9.93. The van der Waals surface area contributed by atoms with E-state index in [1.54, 1.807) is 0 Å². The van der Waals surface area contributed by atoms with Gasteiger partial charge in [0.15, 0.2) is 5.76 Å². The molecule has 180 valence electrons. The Kier molecular flexibility index (Phi) is 7.33. The molecule has 0 unspecified atom stereocenters. The Labute approximate surface area is 196 Å². The van der Waals surface area contributed by atoms with Gasteiger partial charge in [0.2, 0.25) is 0 Å². The quantitative estimate of drug-likeness (QED) is 0.467. The second kappa shape index (κ2) is 10.6. The zero-order chi connectivity index (χ0) is 24.1. The van der Waals surface area contributed by atoms with Crippen molar-refractivity contribution >= 4 is 23.2 Å². The molecular weight excluding hydrogens is 442 g/mol. The van der Waals surface area contributed by atoms with Gasteiger partial charge in [-0.2, -0.15) is 5.10 Å². The fourth-order valence-corrected chi connectivity index (χ4v) is 4.17. The summed E-state index contributed by atoms with van der Waals surface area (Å²) in [5.74, 6) is 0.0997. The highest BCUT2D eigenvalue weighted by molar-refractivity contribution is 6.07. The average Bonchev–Trinajstić information content (AvgIpc) is 3.20. The molecule has 2 aliphatic rings. The Hall–Kier alpha value is -3.57. The van der Waals surface area contributed by atoms with Crippen LogP contribution in [0.25, 0.3) is 0 Å². The number of fused-ring (bicyclic) bond motifs is 1. The lowest BCUT2D eigenvalue weighted by molar-refractivity contribution is -0.384. The minimum atomic E-state index is -0.557. The number of hydrazone groups is 1. The number of ether oxygens (including phenoxy) is 1. The van der Waals surface area contributed by atoms with Gasteiger partial charge < -0.3 is 14.5 Å². The highest BCUT2D eigenvalue weighted by Crippen LogP contribution is 2.30. The molecule has 0 atom stereocenters. The molecule has 11 nitrogen and oxygen atoms in total. The SMILES string of the molecule is Cc1c(C(=O)NCCN2CCOCC2)oc2c1/C(=N/NC(=O)c1cccc([N+](=O)[O-])c1)CCC2. The zero-order valence-corrected chi connectivity index (χ0v) is 19.0. The Morgan fingerprint density at radius 1 is 1.21 bits per heavy atom. The third kappa shape index (κ3) is 5.32. The summed E-state index contributed by atoms with van der Waals surface area (Å²) >= 11 is 0. The fourth-order valence-electron chi connectivity index (χ4n) is 4.17. The van der Waals surface area contributed by atoms with Gasteiger partial charge in [-0.05, 0) is 25.8 Å². The summed E-state index contributed by atoms with van der Waals surface area (Å²) in [5, 5.41) is 18.1. The minimum absolute atomic E-state index is 0.138. The number of nitro benzene ring substituents is 1. The van der Waals surface area contributed by atoms with Crippen LogP contribution in [-0.2, 0) is 11.2 Å². The molecular formula is C23H27N5O6. The maximum Gasteiger partial charge on any atom is 0.287 e. The molecule has 0 radical (unpaired) electrons. The third-order valence-corrected chi connectivity index (χ3v) is 5.96. The van der Waals surface area contributed by atoms with Crippen molar-refractivity contribution in [2.24, 2.45) is 5.10 Å². The van der Waals surface area contributed by atoms with Crippen LogP contribution in [-0.4, -0.2) is 66.7 Å². The van der Waals surface area contributed by atoms with Crippen molar-refractivity contribution in [3.8, 4) is 0 Å². The molecule has 2 heterocycles. The molecule has 0 bridgehead atoms. The maximum atomic E-state index is 12.8. The molecule has 2 N–H and O–H groups in total. The summed E-state index contributed by atoms with van der Waals surface area (Å²) in [6, 6.07) is 5.45. The summed E-state index contributed by atoms with van der Waals surface area (Å²) < 4.78 is 11.2. The number of morpholine rings is 1. The van der Waals surface area contributed by atoms with E-state index >= 15 is 0 Å². The standard InChI is InChI=1S/C23H27N5O6/c1-15-20-18(25-26-22(29)16-4-2-5-17(14-16)28(31)32)6-3-7-19(20)34-21(15)23(30)24-8-9-27-10-12-33-13-11-27/h2,4-5,14H,3,6-13H2,1H3,(H,24,30)(H,26,29)/b25-18+. The molecule has 34 heavy (non-hydrogen) atoms. The zero-order valence-electron chi connectivity index (χ0n) is 19.0. The molecule has 4 rings (SSSR count). The van der Waals surface area contributed by atoms with Crippen molar-refractivity contribution in [1.82, 2.24) is 15.6 Å². The summed E-state index contributed by atoms with van der Waals surface area (Å²) in [6.45, 7) is 6.17. The van der Waals surface area contributed by atoms with Crippen LogP contribution in [0.1, 0.15) is 50.6 Å². The second-order valence-electron chi connectivity index (χ2n) is 8.22. The number of amides is 2. The van der Waals surface area contributed by atoms with Crippen molar-refractivity contribution in [3.63, 3.8) is 0 Å². The topological polar surface area (TPSA) is 139 Å². The molecule has 0 saturated carbocycles. The van der Waals surface area contributed by atoms with Gasteiger partial charge in [0, 0.05) is 61.4 Å². The number of hydrogen-bond donors (Lipinski definition) is 2. The molecule has 1 aromatic carbocycles. The number of aryl methyl sites for hydroxylation is 1. The van der Waals surface area contributed by atoms with E-state index in [0.717, 1.165) is 31.6 Å². The van der Waals surface area contributed by atoms with Crippen LogP contribution >= 0.6 is 0 Å². The Morgan fingerprint density at radius 2 is 2.00 bits per heavy atom. The van der Waals surface area contributed by atoms with Crippen molar-refractivity contribution in [1.29, 1.82) is 0 Å². The first-order valence-corrected chi connectivity index (χ1v) is 11.3. The molecule has 2 amide bonds. The number of carbonyl (C=O) groups excluding carboxylic acids is 2. The molecule has 2 aromatic rings. The highest BCUT2D eigenvalue weighted by Gasteiger charge is 2.28. The summed E-state index contributed by atoms with van der Waals surface area (Å²) in [4.78, 5) is 37.9. The van der Waals surface area contributed by atoms with E-state index in [1.165, 1.54) is 24.3 Å². The third-order valence-electron chi connectivity index (χ3n) is 5.96.